The van der Waals surface area contributed by atoms with Crippen molar-refractivity contribution >= 4 is 33.0 Å². The van der Waals surface area contributed by atoms with Gasteiger partial charge in [-0.15, -0.1) is 11.3 Å². The van der Waals surface area contributed by atoms with E-state index in [2.05, 4.69) is 0 Å². The number of hydrogen-bond donors (Lipinski definition) is 0. The Kier molecular flexibility index (Phi) is 4.73. The molecule has 0 amide bonds. The summed E-state index contributed by atoms with van der Waals surface area (Å²) in [7, 11) is 0. The maximum absolute atomic E-state index is 12.9. The van der Waals surface area contributed by atoms with Crippen molar-refractivity contribution < 1.29 is 14.3 Å². The van der Waals surface area contributed by atoms with Crippen LogP contribution < -0.4 is 4.74 Å². The van der Waals surface area contributed by atoms with Gasteiger partial charge in [0.15, 0.2) is 5.78 Å². The van der Waals surface area contributed by atoms with Crippen molar-refractivity contribution in [1.82, 2.24) is 0 Å². The number of benzene rings is 2. The zero-order chi connectivity index (χ0) is 18.0. The van der Waals surface area contributed by atoms with E-state index in [1.165, 1.54) is 11.3 Å². The molecule has 0 spiro atoms. The first-order chi connectivity index (χ1) is 11.9. The lowest BCUT2D eigenvalue weighted by Gasteiger charge is -2.17. The van der Waals surface area contributed by atoms with Gasteiger partial charge in [0.1, 0.15) is 17.2 Å². The predicted molar refractivity (Wildman–Crippen MR) is 102 cm³/mol. The largest absolute Gasteiger partial charge is 0.483 e. The molecule has 0 aliphatic heterocycles. The first-order valence-corrected chi connectivity index (χ1v) is 8.97. The quantitative estimate of drug-likeness (QED) is 0.598. The van der Waals surface area contributed by atoms with E-state index in [0.717, 1.165) is 10.1 Å². The third-order valence-corrected chi connectivity index (χ3v) is 5.13. The van der Waals surface area contributed by atoms with E-state index >= 15 is 0 Å². The highest BCUT2D eigenvalue weighted by Crippen LogP contribution is 2.39. The predicted octanol–water partition coefficient (Wildman–Crippen LogP) is 5.13. The molecule has 3 rings (SSSR count). The Hall–Kier alpha value is -2.46. The van der Waals surface area contributed by atoms with Crippen molar-refractivity contribution in [3.05, 3.63) is 65.0 Å². The average Bonchev–Trinajstić information content (AvgIpc) is 2.97. The van der Waals surface area contributed by atoms with Crippen LogP contribution >= 0.6 is 11.3 Å². The van der Waals surface area contributed by atoms with Gasteiger partial charge in [-0.3, -0.25) is 9.59 Å². The third-order valence-electron chi connectivity index (χ3n) is 3.98. The SMILES string of the molecule is CC(C)(C)C(=O)COc1c(C(=O)c2ccccc2)sc2ccccc12. The molecule has 0 fully saturated rings. The Morgan fingerprint density at radius 1 is 0.960 bits per heavy atom. The van der Waals surface area contributed by atoms with E-state index in [9.17, 15) is 9.59 Å². The summed E-state index contributed by atoms with van der Waals surface area (Å²) >= 11 is 1.40. The summed E-state index contributed by atoms with van der Waals surface area (Å²) in [5.74, 6) is 0.424. The second-order valence-corrected chi connectivity index (χ2v) is 7.97. The lowest BCUT2D eigenvalue weighted by molar-refractivity contribution is -0.128. The highest BCUT2D eigenvalue weighted by molar-refractivity contribution is 7.21. The molecule has 0 bridgehead atoms. The Morgan fingerprint density at radius 3 is 2.28 bits per heavy atom. The molecular formula is C21H20O3S. The van der Waals surface area contributed by atoms with Crippen LogP contribution in [0.1, 0.15) is 36.0 Å². The molecule has 0 saturated heterocycles. The Bertz CT molecular complexity index is 917. The second kappa shape index (κ2) is 6.81. The fourth-order valence-corrected chi connectivity index (χ4v) is 3.50. The number of hydrogen-bond acceptors (Lipinski definition) is 4. The van der Waals surface area contributed by atoms with E-state index in [-0.39, 0.29) is 18.2 Å². The summed E-state index contributed by atoms with van der Waals surface area (Å²) in [5.41, 5.74) is 0.135. The molecule has 2 aromatic carbocycles. The molecule has 128 valence electrons. The number of ketones is 2. The van der Waals surface area contributed by atoms with E-state index in [4.69, 9.17) is 4.74 Å². The minimum Gasteiger partial charge on any atom is -0.483 e. The number of rotatable bonds is 5. The van der Waals surface area contributed by atoms with Crippen molar-refractivity contribution in [3.8, 4) is 5.75 Å². The number of ether oxygens (including phenoxy) is 1. The van der Waals surface area contributed by atoms with Gasteiger partial charge >= 0.3 is 0 Å². The molecule has 25 heavy (non-hydrogen) atoms. The van der Waals surface area contributed by atoms with Gasteiger partial charge in [0.25, 0.3) is 0 Å². The van der Waals surface area contributed by atoms with Crippen molar-refractivity contribution in [3.63, 3.8) is 0 Å². The van der Waals surface area contributed by atoms with Crippen LogP contribution in [0.2, 0.25) is 0 Å². The Balaban J connectivity index is 2.01. The van der Waals surface area contributed by atoms with E-state index in [1.54, 1.807) is 12.1 Å². The maximum atomic E-state index is 12.9. The molecule has 0 atom stereocenters. The molecule has 1 aromatic heterocycles. The van der Waals surface area contributed by atoms with E-state index in [0.29, 0.717) is 16.2 Å². The molecule has 0 aliphatic carbocycles. The molecule has 3 nitrogen and oxygen atoms in total. The van der Waals surface area contributed by atoms with Crippen LogP contribution in [-0.4, -0.2) is 18.2 Å². The lowest BCUT2D eigenvalue weighted by Crippen LogP contribution is -2.26. The van der Waals surface area contributed by atoms with Crippen molar-refractivity contribution in [2.75, 3.05) is 6.61 Å². The molecule has 0 aliphatic rings. The van der Waals surface area contributed by atoms with Crippen molar-refractivity contribution in [2.24, 2.45) is 5.41 Å². The van der Waals surface area contributed by atoms with Gasteiger partial charge in [-0.25, -0.2) is 0 Å². The summed E-state index contributed by atoms with van der Waals surface area (Å²) in [6, 6.07) is 16.8. The molecule has 0 N–H and O–H groups in total. The standard InChI is InChI=1S/C21H20O3S/c1-21(2,3)17(22)13-24-19-15-11-7-8-12-16(15)25-20(19)18(23)14-9-5-4-6-10-14/h4-12H,13H2,1-3H3. The van der Waals surface area contributed by atoms with Gasteiger partial charge in [0.05, 0.1) is 0 Å². The molecule has 0 radical (unpaired) electrons. The lowest BCUT2D eigenvalue weighted by atomic mass is 9.91. The number of carbonyl (C=O) groups excluding carboxylic acids is 2. The molecule has 1 heterocycles. The van der Waals surface area contributed by atoms with E-state index in [1.807, 2.05) is 63.2 Å². The first kappa shape index (κ1) is 17.4. The van der Waals surface area contributed by atoms with Gasteiger partial charge in [-0.2, -0.15) is 0 Å². The highest BCUT2D eigenvalue weighted by atomic mass is 32.1. The number of thiophene rings is 1. The third kappa shape index (κ3) is 3.64. The van der Waals surface area contributed by atoms with Crippen LogP contribution in [0.15, 0.2) is 54.6 Å². The van der Waals surface area contributed by atoms with Gasteiger partial charge < -0.3 is 4.74 Å². The van der Waals surface area contributed by atoms with Gasteiger partial charge in [-0.1, -0.05) is 63.2 Å². The molecule has 3 aromatic rings. The van der Waals surface area contributed by atoms with E-state index < -0.39 is 5.41 Å². The van der Waals surface area contributed by atoms with Crippen LogP contribution in [0, 0.1) is 5.41 Å². The number of carbonyl (C=O) groups is 2. The van der Waals surface area contributed by atoms with Crippen LogP contribution in [0.3, 0.4) is 0 Å². The summed E-state index contributed by atoms with van der Waals surface area (Å²) in [4.78, 5) is 25.7. The first-order valence-electron chi connectivity index (χ1n) is 8.15. The minimum atomic E-state index is -0.477. The normalized spacial score (nSPS) is 11.5. The van der Waals surface area contributed by atoms with Crippen LogP contribution in [-0.2, 0) is 4.79 Å². The summed E-state index contributed by atoms with van der Waals surface area (Å²) in [6.07, 6.45) is 0. The number of Topliss-reactive ketones (excluding diaryl/α,β-unsaturated/α-hetero) is 1. The summed E-state index contributed by atoms with van der Waals surface area (Å²) < 4.78 is 6.83. The van der Waals surface area contributed by atoms with Crippen LogP contribution in [0.25, 0.3) is 10.1 Å². The zero-order valence-electron chi connectivity index (χ0n) is 14.5. The van der Waals surface area contributed by atoms with Gasteiger partial charge in [0.2, 0.25) is 5.78 Å². The Labute approximate surface area is 151 Å². The monoisotopic (exact) mass is 352 g/mol. The summed E-state index contributed by atoms with van der Waals surface area (Å²) in [6.45, 7) is 5.54. The van der Waals surface area contributed by atoms with Crippen LogP contribution in [0.5, 0.6) is 5.75 Å². The molecule has 0 saturated carbocycles. The highest BCUT2D eigenvalue weighted by Gasteiger charge is 2.25. The summed E-state index contributed by atoms with van der Waals surface area (Å²) in [5, 5.41) is 0.869. The molecule has 4 heteroatoms. The fraction of sp³-hybridized carbons (Fsp3) is 0.238. The smallest absolute Gasteiger partial charge is 0.206 e. The van der Waals surface area contributed by atoms with Gasteiger partial charge in [0, 0.05) is 21.1 Å². The Morgan fingerprint density at radius 2 is 1.60 bits per heavy atom. The average molecular weight is 352 g/mol. The van der Waals surface area contributed by atoms with Crippen molar-refractivity contribution in [1.29, 1.82) is 0 Å². The van der Waals surface area contributed by atoms with Gasteiger partial charge in [-0.05, 0) is 12.1 Å². The minimum absolute atomic E-state index is 0.000825. The molecular weight excluding hydrogens is 332 g/mol. The maximum Gasteiger partial charge on any atom is 0.206 e. The fourth-order valence-electron chi connectivity index (χ4n) is 2.39. The zero-order valence-corrected chi connectivity index (χ0v) is 15.4. The number of fused-ring (bicyclic) bond motifs is 1. The topological polar surface area (TPSA) is 43.4 Å². The second-order valence-electron chi connectivity index (χ2n) is 6.91. The molecule has 0 unspecified atom stereocenters. The van der Waals surface area contributed by atoms with Crippen molar-refractivity contribution in [2.45, 2.75) is 20.8 Å². The van der Waals surface area contributed by atoms with Crippen LogP contribution in [0.4, 0.5) is 0 Å².